The molecule has 0 aliphatic rings. The number of carbonyl (C=O) groups is 1. The lowest BCUT2D eigenvalue weighted by Crippen LogP contribution is -2.12. The zero-order valence-electron chi connectivity index (χ0n) is 15.0. The predicted molar refractivity (Wildman–Crippen MR) is 100 cm³/mol. The number of rotatable bonds is 10. The molecule has 8 heteroatoms. The maximum absolute atomic E-state index is 11.8. The second-order valence-corrected chi connectivity index (χ2v) is 7.18. The Balaban J connectivity index is 1.85. The van der Waals surface area contributed by atoms with Crippen LogP contribution in [0, 0.1) is 0 Å². The highest BCUT2D eigenvalue weighted by atomic mass is 32.2. The molecule has 0 bridgehead atoms. The Kier molecular flexibility index (Phi) is 7.35. The number of hydrogen-bond donors (Lipinski definition) is 1. The van der Waals surface area contributed by atoms with Crippen molar-refractivity contribution in [1.82, 2.24) is 0 Å². The molecule has 7 nitrogen and oxygen atoms in total. The van der Waals surface area contributed by atoms with Crippen LogP contribution in [0.1, 0.15) is 13.3 Å². The molecule has 0 saturated carbocycles. The van der Waals surface area contributed by atoms with Crippen LogP contribution in [-0.2, 0) is 24.4 Å². The van der Waals surface area contributed by atoms with E-state index in [9.17, 15) is 17.8 Å². The van der Waals surface area contributed by atoms with E-state index in [2.05, 4.69) is 6.58 Å². The molecule has 27 heavy (non-hydrogen) atoms. The minimum Gasteiger partial charge on any atom is -0.490 e. The third-order valence-electron chi connectivity index (χ3n) is 3.60. The Morgan fingerprint density at radius 3 is 2.52 bits per heavy atom. The third-order valence-corrected chi connectivity index (χ3v) is 4.54. The van der Waals surface area contributed by atoms with Gasteiger partial charge in [-0.2, -0.15) is 8.42 Å². The van der Waals surface area contributed by atoms with Crippen LogP contribution in [0.5, 0.6) is 5.75 Å². The number of fused-ring (bicyclic) bond motifs is 1. The number of carbonyl (C=O) groups excluding carboxylic acids is 1. The lowest BCUT2D eigenvalue weighted by atomic mass is 10.1. The molecule has 2 rings (SSSR count). The average molecular weight is 394 g/mol. The van der Waals surface area contributed by atoms with Gasteiger partial charge >= 0.3 is 5.97 Å². The maximum atomic E-state index is 11.8. The van der Waals surface area contributed by atoms with E-state index in [0.717, 1.165) is 0 Å². The van der Waals surface area contributed by atoms with Crippen molar-refractivity contribution < 1.29 is 32.0 Å². The third kappa shape index (κ3) is 6.06. The molecule has 0 aliphatic carbocycles. The molecule has 0 saturated heterocycles. The summed E-state index contributed by atoms with van der Waals surface area (Å²) in [5.74, 6) is -0.373. The predicted octanol–water partition coefficient (Wildman–Crippen LogP) is 2.99. The molecule has 0 radical (unpaired) electrons. The Labute approximate surface area is 158 Å². The first-order valence-corrected chi connectivity index (χ1v) is 9.77. The van der Waals surface area contributed by atoms with Crippen LogP contribution < -0.4 is 4.74 Å². The molecule has 0 aromatic heterocycles. The number of ether oxygens (including phenoxy) is 3. The molecule has 0 amide bonds. The van der Waals surface area contributed by atoms with Crippen molar-refractivity contribution in [3.63, 3.8) is 0 Å². The standard InChI is InChI=1S/C19H22O7S/c1-14(2)19(20)26-11-5-10-24-12-13-25-17-9-8-15-6-3-4-7-16(15)18(17)27(21,22)23/h3-4,6-9H,1,5,10-13H2,2H3,(H,21,22,23). The van der Waals surface area contributed by atoms with Crippen LogP contribution in [0.25, 0.3) is 10.8 Å². The SMILES string of the molecule is C=C(C)C(=O)OCCCOCCOc1ccc2ccccc2c1S(=O)(=O)O. The van der Waals surface area contributed by atoms with E-state index in [-0.39, 0.29) is 30.5 Å². The van der Waals surface area contributed by atoms with Gasteiger partial charge in [-0.25, -0.2) is 4.79 Å². The van der Waals surface area contributed by atoms with E-state index < -0.39 is 16.1 Å². The molecule has 0 spiro atoms. The van der Waals surface area contributed by atoms with Crippen LogP contribution in [-0.4, -0.2) is 45.4 Å². The molecule has 1 N–H and O–H groups in total. The van der Waals surface area contributed by atoms with Gasteiger partial charge in [-0.05, 0) is 18.4 Å². The van der Waals surface area contributed by atoms with Crippen molar-refractivity contribution >= 4 is 26.9 Å². The van der Waals surface area contributed by atoms with Gasteiger partial charge < -0.3 is 14.2 Å². The zero-order chi connectivity index (χ0) is 19.9. The Morgan fingerprint density at radius 1 is 1.07 bits per heavy atom. The fourth-order valence-electron chi connectivity index (χ4n) is 2.36. The van der Waals surface area contributed by atoms with Crippen LogP contribution >= 0.6 is 0 Å². The summed E-state index contributed by atoms with van der Waals surface area (Å²) in [5, 5.41) is 1.07. The summed E-state index contributed by atoms with van der Waals surface area (Å²) in [6, 6.07) is 10.0. The van der Waals surface area contributed by atoms with E-state index >= 15 is 0 Å². The quantitative estimate of drug-likeness (QED) is 0.286. The molecular weight excluding hydrogens is 372 g/mol. The minimum absolute atomic E-state index is 0.0650. The summed E-state index contributed by atoms with van der Waals surface area (Å²) in [5.41, 5.74) is 0.342. The highest BCUT2D eigenvalue weighted by Gasteiger charge is 2.20. The lowest BCUT2D eigenvalue weighted by molar-refractivity contribution is -0.139. The smallest absolute Gasteiger partial charge is 0.333 e. The number of hydrogen-bond acceptors (Lipinski definition) is 6. The fourth-order valence-corrected chi connectivity index (χ4v) is 3.21. The van der Waals surface area contributed by atoms with E-state index in [4.69, 9.17) is 14.2 Å². The first kappa shape index (κ1) is 20.9. The van der Waals surface area contributed by atoms with Crippen LogP contribution in [0.4, 0.5) is 0 Å². The van der Waals surface area contributed by atoms with Crippen LogP contribution in [0.2, 0.25) is 0 Å². The Bertz CT molecular complexity index is 919. The van der Waals surface area contributed by atoms with E-state index in [0.29, 0.717) is 29.4 Å². The summed E-state index contributed by atoms with van der Waals surface area (Å²) in [4.78, 5) is 10.9. The van der Waals surface area contributed by atoms with Crippen molar-refractivity contribution in [2.45, 2.75) is 18.2 Å². The van der Waals surface area contributed by atoms with E-state index in [1.165, 1.54) is 6.07 Å². The van der Waals surface area contributed by atoms with Gasteiger partial charge in [0.15, 0.2) is 0 Å². The van der Waals surface area contributed by atoms with E-state index in [1.54, 1.807) is 37.3 Å². The molecule has 2 aromatic rings. The summed E-state index contributed by atoms with van der Waals surface area (Å²) >= 11 is 0. The Morgan fingerprint density at radius 2 is 1.81 bits per heavy atom. The monoisotopic (exact) mass is 394 g/mol. The summed E-state index contributed by atoms with van der Waals surface area (Å²) in [6.45, 7) is 5.96. The molecule has 0 heterocycles. The van der Waals surface area contributed by atoms with Gasteiger partial charge in [0.2, 0.25) is 0 Å². The van der Waals surface area contributed by atoms with Crippen molar-refractivity contribution in [3.05, 3.63) is 48.6 Å². The molecule has 0 aliphatic heterocycles. The molecule has 0 atom stereocenters. The highest BCUT2D eigenvalue weighted by molar-refractivity contribution is 7.86. The van der Waals surface area contributed by atoms with Crippen molar-refractivity contribution in [1.29, 1.82) is 0 Å². The Hall–Kier alpha value is -2.42. The molecule has 146 valence electrons. The largest absolute Gasteiger partial charge is 0.490 e. The van der Waals surface area contributed by atoms with Gasteiger partial charge in [0.25, 0.3) is 10.1 Å². The van der Waals surface area contributed by atoms with Gasteiger partial charge in [-0.3, -0.25) is 4.55 Å². The lowest BCUT2D eigenvalue weighted by Gasteiger charge is -2.12. The van der Waals surface area contributed by atoms with Gasteiger partial charge in [0, 0.05) is 24.0 Å². The zero-order valence-corrected chi connectivity index (χ0v) is 15.8. The van der Waals surface area contributed by atoms with Crippen molar-refractivity contribution in [2.75, 3.05) is 26.4 Å². The topological polar surface area (TPSA) is 99.1 Å². The molecule has 0 unspecified atom stereocenters. The normalized spacial score (nSPS) is 11.3. The van der Waals surface area contributed by atoms with Gasteiger partial charge in [0.05, 0.1) is 13.2 Å². The first-order chi connectivity index (χ1) is 12.8. The first-order valence-electron chi connectivity index (χ1n) is 8.33. The van der Waals surface area contributed by atoms with Gasteiger partial charge in [0.1, 0.15) is 17.3 Å². The van der Waals surface area contributed by atoms with E-state index in [1.807, 2.05) is 0 Å². The number of benzene rings is 2. The maximum Gasteiger partial charge on any atom is 0.333 e. The summed E-state index contributed by atoms with van der Waals surface area (Å²) in [7, 11) is -4.45. The molecule has 2 aromatic carbocycles. The van der Waals surface area contributed by atoms with Crippen LogP contribution in [0.15, 0.2) is 53.4 Å². The summed E-state index contributed by atoms with van der Waals surface area (Å²) < 4.78 is 48.9. The molecule has 0 fully saturated rings. The van der Waals surface area contributed by atoms with Crippen molar-refractivity contribution in [3.8, 4) is 5.75 Å². The average Bonchev–Trinajstić information content (AvgIpc) is 2.62. The second kappa shape index (κ2) is 9.50. The second-order valence-electron chi connectivity index (χ2n) is 5.82. The van der Waals surface area contributed by atoms with Gasteiger partial charge in [-0.1, -0.05) is 36.9 Å². The van der Waals surface area contributed by atoms with Gasteiger partial charge in [-0.15, -0.1) is 0 Å². The fraction of sp³-hybridized carbons (Fsp3) is 0.316. The van der Waals surface area contributed by atoms with Crippen molar-refractivity contribution in [2.24, 2.45) is 0 Å². The molecular formula is C19H22O7S. The minimum atomic E-state index is -4.45. The van der Waals surface area contributed by atoms with Crippen LogP contribution in [0.3, 0.4) is 0 Å². The number of esters is 1. The highest BCUT2D eigenvalue weighted by Crippen LogP contribution is 2.32. The summed E-state index contributed by atoms with van der Waals surface area (Å²) in [6.07, 6.45) is 0.519.